The highest BCUT2D eigenvalue weighted by Crippen LogP contribution is 2.29. The van der Waals surface area contributed by atoms with Crippen molar-refractivity contribution in [1.82, 2.24) is 10.2 Å². The molecule has 2 aliphatic carbocycles. The molecule has 2 unspecified atom stereocenters. The van der Waals surface area contributed by atoms with Crippen molar-refractivity contribution < 1.29 is 0 Å². The van der Waals surface area contributed by atoms with Gasteiger partial charge in [-0.25, -0.2) is 0 Å². The third-order valence-electron chi connectivity index (χ3n) is 4.77. The second kappa shape index (κ2) is 6.02. The van der Waals surface area contributed by atoms with Gasteiger partial charge in [-0.05, 0) is 39.8 Å². The Labute approximate surface area is 101 Å². The molecule has 2 saturated carbocycles. The molecular formula is C14H28N2. The van der Waals surface area contributed by atoms with Crippen LogP contribution < -0.4 is 5.32 Å². The van der Waals surface area contributed by atoms with Gasteiger partial charge >= 0.3 is 0 Å². The van der Waals surface area contributed by atoms with Gasteiger partial charge in [0.25, 0.3) is 0 Å². The van der Waals surface area contributed by atoms with E-state index in [4.69, 9.17) is 0 Å². The Hall–Kier alpha value is -0.0800. The van der Waals surface area contributed by atoms with Crippen LogP contribution in [0.2, 0.25) is 0 Å². The van der Waals surface area contributed by atoms with Crippen molar-refractivity contribution in [3.63, 3.8) is 0 Å². The van der Waals surface area contributed by atoms with Gasteiger partial charge in [0.15, 0.2) is 0 Å². The number of likely N-dealkylation sites (N-methyl/N-ethyl adjacent to an activating group) is 2. The number of hydrogen-bond donors (Lipinski definition) is 1. The van der Waals surface area contributed by atoms with Gasteiger partial charge in [0.2, 0.25) is 0 Å². The summed E-state index contributed by atoms with van der Waals surface area (Å²) in [6, 6.07) is 2.41. The average molecular weight is 224 g/mol. The van der Waals surface area contributed by atoms with E-state index < -0.39 is 0 Å². The molecule has 16 heavy (non-hydrogen) atoms. The Bertz CT molecular complexity index is 197. The molecular weight excluding hydrogens is 196 g/mol. The van der Waals surface area contributed by atoms with Crippen molar-refractivity contribution in [2.45, 2.75) is 75.9 Å². The monoisotopic (exact) mass is 224 g/mol. The zero-order chi connectivity index (χ0) is 11.4. The van der Waals surface area contributed by atoms with E-state index in [1.54, 1.807) is 0 Å². The van der Waals surface area contributed by atoms with Crippen LogP contribution in [0, 0.1) is 0 Å². The van der Waals surface area contributed by atoms with Crippen molar-refractivity contribution in [3.8, 4) is 0 Å². The normalized spacial score (nSPS) is 33.2. The topological polar surface area (TPSA) is 15.3 Å². The first-order chi connectivity index (χ1) is 7.83. The van der Waals surface area contributed by atoms with E-state index in [1.165, 1.54) is 57.8 Å². The predicted octanol–water partition coefficient (Wildman–Crippen LogP) is 2.78. The summed E-state index contributed by atoms with van der Waals surface area (Å²) in [6.45, 7) is 0. The Morgan fingerprint density at radius 3 is 2.19 bits per heavy atom. The number of rotatable bonds is 3. The van der Waals surface area contributed by atoms with E-state index in [0.29, 0.717) is 0 Å². The molecule has 1 N–H and O–H groups in total. The first kappa shape index (κ1) is 12.4. The van der Waals surface area contributed by atoms with E-state index in [1.807, 2.05) is 0 Å². The number of hydrogen-bond acceptors (Lipinski definition) is 2. The summed E-state index contributed by atoms with van der Waals surface area (Å²) >= 11 is 0. The van der Waals surface area contributed by atoms with E-state index in [9.17, 15) is 0 Å². The van der Waals surface area contributed by atoms with Crippen molar-refractivity contribution in [1.29, 1.82) is 0 Å². The van der Waals surface area contributed by atoms with Gasteiger partial charge in [0.05, 0.1) is 0 Å². The molecule has 2 aliphatic rings. The number of nitrogens with zero attached hydrogens (tertiary/aromatic N) is 1. The molecule has 94 valence electrons. The molecule has 0 aromatic rings. The van der Waals surface area contributed by atoms with Gasteiger partial charge in [0.1, 0.15) is 0 Å². The van der Waals surface area contributed by atoms with Crippen LogP contribution in [-0.4, -0.2) is 37.1 Å². The molecule has 0 amide bonds. The molecule has 2 heteroatoms. The van der Waals surface area contributed by atoms with Gasteiger partial charge in [-0.2, -0.15) is 0 Å². The van der Waals surface area contributed by atoms with Crippen LogP contribution >= 0.6 is 0 Å². The van der Waals surface area contributed by atoms with E-state index in [2.05, 4.69) is 24.3 Å². The molecule has 0 aromatic heterocycles. The lowest BCUT2D eigenvalue weighted by Crippen LogP contribution is -2.48. The zero-order valence-corrected chi connectivity index (χ0v) is 11.0. The molecule has 0 spiro atoms. The summed E-state index contributed by atoms with van der Waals surface area (Å²) in [4.78, 5) is 2.71. The molecule has 0 heterocycles. The van der Waals surface area contributed by atoms with Crippen LogP contribution in [-0.2, 0) is 0 Å². The maximum Gasteiger partial charge on any atom is 0.0249 e. The lowest BCUT2D eigenvalue weighted by molar-refractivity contribution is 0.141. The lowest BCUT2D eigenvalue weighted by Gasteiger charge is -2.36. The molecule has 2 fully saturated rings. The van der Waals surface area contributed by atoms with Crippen LogP contribution in [0.25, 0.3) is 0 Å². The third kappa shape index (κ3) is 2.78. The minimum atomic E-state index is 0.744. The minimum Gasteiger partial charge on any atom is -0.315 e. The highest BCUT2D eigenvalue weighted by atomic mass is 15.2. The van der Waals surface area contributed by atoms with Crippen molar-refractivity contribution in [2.75, 3.05) is 14.1 Å². The maximum atomic E-state index is 3.51. The fourth-order valence-electron chi connectivity index (χ4n) is 3.70. The Morgan fingerprint density at radius 2 is 1.56 bits per heavy atom. The van der Waals surface area contributed by atoms with Crippen molar-refractivity contribution >= 4 is 0 Å². The van der Waals surface area contributed by atoms with Gasteiger partial charge in [-0.15, -0.1) is 0 Å². The van der Waals surface area contributed by atoms with Gasteiger partial charge in [-0.1, -0.05) is 32.1 Å². The molecule has 0 radical (unpaired) electrons. The largest absolute Gasteiger partial charge is 0.315 e. The summed E-state index contributed by atoms with van der Waals surface area (Å²) in [7, 11) is 4.50. The Balaban J connectivity index is 1.91. The van der Waals surface area contributed by atoms with Crippen LogP contribution in [0.1, 0.15) is 57.8 Å². The molecule has 2 rings (SSSR count). The molecule has 0 aliphatic heterocycles. The predicted molar refractivity (Wildman–Crippen MR) is 69.7 cm³/mol. The summed E-state index contributed by atoms with van der Waals surface area (Å²) < 4.78 is 0. The SMILES string of the molecule is CNC1CCCC1N(C)C1CCCCCC1. The van der Waals surface area contributed by atoms with E-state index >= 15 is 0 Å². The van der Waals surface area contributed by atoms with Crippen molar-refractivity contribution in [3.05, 3.63) is 0 Å². The maximum absolute atomic E-state index is 3.51. The molecule has 0 aromatic carbocycles. The fraction of sp³-hybridized carbons (Fsp3) is 1.00. The van der Waals surface area contributed by atoms with Gasteiger partial charge in [-0.3, -0.25) is 4.90 Å². The van der Waals surface area contributed by atoms with E-state index in [0.717, 1.165) is 18.1 Å². The summed E-state index contributed by atoms with van der Waals surface area (Å²) in [5.74, 6) is 0. The standard InChI is InChI=1S/C14H28N2/c1-15-13-10-7-11-14(13)16(2)12-8-5-3-4-6-9-12/h12-15H,3-11H2,1-2H3. The summed E-state index contributed by atoms with van der Waals surface area (Å²) in [5, 5.41) is 3.51. The van der Waals surface area contributed by atoms with Crippen LogP contribution in [0.4, 0.5) is 0 Å². The molecule has 0 bridgehead atoms. The van der Waals surface area contributed by atoms with E-state index in [-0.39, 0.29) is 0 Å². The third-order valence-corrected chi connectivity index (χ3v) is 4.77. The fourth-order valence-corrected chi connectivity index (χ4v) is 3.70. The lowest BCUT2D eigenvalue weighted by atomic mass is 10.0. The molecule has 0 saturated heterocycles. The Kier molecular flexibility index (Phi) is 4.66. The Morgan fingerprint density at radius 1 is 0.875 bits per heavy atom. The summed E-state index contributed by atoms with van der Waals surface area (Å²) in [6.07, 6.45) is 12.9. The van der Waals surface area contributed by atoms with Crippen LogP contribution in [0.3, 0.4) is 0 Å². The minimum absolute atomic E-state index is 0.744. The highest BCUT2D eigenvalue weighted by molar-refractivity contribution is 4.91. The first-order valence-electron chi connectivity index (χ1n) is 7.22. The van der Waals surface area contributed by atoms with Crippen LogP contribution in [0.5, 0.6) is 0 Å². The summed E-state index contributed by atoms with van der Waals surface area (Å²) in [5.41, 5.74) is 0. The second-order valence-electron chi connectivity index (χ2n) is 5.70. The second-order valence-corrected chi connectivity index (χ2v) is 5.70. The smallest absolute Gasteiger partial charge is 0.0249 e. The quantitative estimate of drug-likeness (QED) is 0.742. The van der Waals surface area contributed by atoms with Gasteiger partial charge < -0.3 is 5.32 Å². The molecule has 2 atom stereocenters. The number of nitrogens with one attached hydrogen (secondary N) is 1. The van der Waals surface area contributed by atoms with Gasteiger partial charge in [0, 0.05) is 18.1 Å². The van der Waals surface area contributed by atoms with Crippen LogP contribution in [0.15, 0.2) is 0 Å². The molecule has 2 nitrogen and oxygen atoms in total. The van der Waals surface area contributed by atoms with Crippen molar-refractivity contribution in [2.24, 2.45) is 0 Å². The highest BCUT2D eigenvalue weighted by Gasteiger charge is 2.32. The zero-order valence-electron chi connectivity index (χ0n) is 11.0. The first-order valence-corrected chi connectivity index (χ1v) is 7.22. The average Bonchev–Trinajstić information content (AvgIpc) is 2.61.